The van der Waals surface area contributed by atoms with E-state index in [2.05, 4.69) is 0 Å². The van der Waals surface area contributed by atoms with E-state index in [1.54, 1.807) is 29.2 Å². The van der Waals surface area contributed by atoms with Crippen molar-refractivity contribution in [2.75, 3.05) is 11.4 Å². The highest BCUT2D eigenvalue weighted by Gasteiger charge is 2.24. The van der Waals surface area contributed by atoms with Crippen LogP contribution in [0.25, 0.3) is 0 Å². The number of carbonyl (C=O) groups is 2. The quantitative estimate of drug-likeness (QED) is 0.769. The summed E-state index contributed by atoms with van der Waals surface area (Å²) in [6.45, 7) is 0.698. The Kier molecular flexibility index (Phi) is 2.88. The van der Waals surface area contributed by atoms with Gasteiger partial charge in [-0.3, -0.25) is 9.59 Å². The summed E-state index contributed by atoms with van der Waals surface area (Å²) in [6, 6.07) is 14.7. The van der Waals surface area contributed by atoms with Crippen molar-refractivity contribution < 1.29 is 9.59 Å². The van der Waals surface area contributed by atoms with Gasteiger partial charge in [-0.1, -0.05) is 30.3 Å². The van der Waals surface area contributed by atoms with Gasteiger partial charge >= 0.3 is 0 Å². The molecule has 0 unspecified atom stereocenters. The fourth-order valence-corrected chi connectivity index (χ4v) is 2.45. The lowest BCUT2D eigenvalue weighted by molar-refractivity contribution is 0.0989. The van der Waals surface area contributed by atoms with Crippen LogP contribution in [0.5, 0.6) is 0 Å². The highest BCUT2D eigenvalue weighted by atomic mass is 16.2. The molecule has 0 spiro atoms. The molecule has 94 valence electrons. The van der Waals surface area contributed by atoms with Gasteiger partial charge in [0.1, 0.15) is 6.29 Å². The number of para-hydroxylation sites is 1. The summed E-state index contributed by atoms with van der Waals surface area (Å²) in [5.41, 5.74) is 3.26. The molecule has 0 aromatic heterocycles. The number of amides is 1. The van der Waals surface area contributed by atoms with E-state index in [9.17, 15) is 9.59 Å². The number of anilines is 1. The largest absolute Gasteiger partial charge is 0.308 e. The Hall–Kier alpha value is -2.42. The van der Waals surface area contributed by atoms with E-state index >= 15 is 0 Å². The first-order chi connectivity index (χ1) is 9.29. The lowest BCUT2D eigenvalue weighted by atomic mass is 10.1. The van der Waals surface area contributed by atoms with Gasteiger partial charge < -0.3 is 4.90 Å². The summed E-state index contributed by atoms with van der Waals surface area (Å²) in [6.07, 6.45) is 1.64. The third kappa shape index (κ3) is 2.03. The van der Waals surface area contributed by atoms with Crippen molar-refractivity contribution in [2.24, 2.45) is 0 Å². The van der Waals surface area contributed by atoms with Crippen LogP contribution >= 0.6 is 0 Å². The maximum atomic E-state index is 12.5. The molecule has 1 amide bonds. The molecule has 0 saturated carbocycles. The zero-order valence-corrected chi connectivity index (χ0v) is 10.4. The second kappa shape index (κ2) is 4.69. The highest BCUT2D eigenvalue weighted by molar-refractivity contribution is 6.07. The van der Waals surface area contributed by atoms with Crippen LogP contribution in [-0.2, 0) is 6.42 Å². The molecule has 3 nitrogen and oxygen atoms in total. The third-order valence-electron chi connectivity index (χ3n) is 3.40. The minimum Gasteiger partial charge on any atom is -0.308 e. The number of aldehydes is 1. The minimum atomic E-state index is -0.0475. The van der Waals surface area contributed by atoms with Crippen molar-refractivity contribution >= 4 is 17.9 Å². The molecule has 0 fully saturated rings. The average molecular weight is 251 g/mol. The van der Waals surface area contributed by atoms with E-state index in [4.69, 9.17) is 0 Å². The Balaban J connectivity index is 1.95. The van der Waals surface area contributed by atoms with Crippen LogP contribution in [0.15, 0.2) is 48.5 Å². The number of hydrogen-bond acceptors (Lipinski definition) is 2. The van der Waals surface area contributed by atoms with Crippen LogP contribution in [0.4, 0.5) is 5.69 Å². The van der Waals surface area contributed by atoms with Crippen molar-refractivity contribution in [3.63, 3.8) is 0 Å². The van der Waals surface area contributed by atoms with E-state index in [-0.39, 0.29) is 5.91 Å². The lowest BCUT2D eigenvalue weighted by Crippen LogP contribution is -2.28. The van der Waals surface area contributed by atoms with Gasteiger partial charge in [0.15, 0.2) is 0 Å². The second-order valence-corrected chi connectivity index (χ2v) is 4.58. The standard InChI is InChI=1S/C16H13NO2/c18-11-12-4-3-6-14(10-12)16(19)17-9-8-13-5-1-2-7-15(13)17/h1-7,10-11H,8-9H2. The molecule has 0 bridgehead atoms. The summed E-state index contributed by atoms with van der Waals surface area (Å²) in [5, 5.41) is 0. The maximum Gasteiger partial charge on any atom is 0.258 e. The van der Waals surface area contributed by atoms with Crippen LogP contribution < -0.4 is 4.90 Å². The number of rotatable bonds is 2. The maximum absolute atomic E-state index is 12.5. The number of carbonyl (C=O) groups excluding carboxylic acids is 2. The molecule has 0 aliphatic carbocycles. The fourth-order valence-electron chi connectivity index (χ4n) is 2.45. The Morgan fingerprint density at radius 3 is 2.79 bits per heavy atom. The summed E-state index contributed by atoms with van der Waals surface area (Å²) in [5.74, 6) is -0.0475. The molecule has 0 radical (unpaired) electrons. The van der Waals surface area contributed by atoms with E-state index in [0.717, 1.165) is 18.4 Å². The molecule has 3 rings (SSSR count). The molecular formula is C16H13NO2. The van der Waals surface area contributed by atoms with E-state index < -0.39 is 0 Å². The molecule has 3 heteroatoms. The molecular weight excluding hydrogens is 238 g/mol. The van der Waals surface area contributed by atoms with Gasteiger partial charge in [-0.05, 0) is 30.2 Å². The van der Waals surface area contributed by atoms with Crippen molar-refractivity contribution in [1.29, 1.82) is 0 Å². The van der Waals surface area contributed by atoms with Gasteiger partial charge in [-0.25, -0.2) is 0 Å². The zero-order chi connectivity index (χ0) is 13.2. The molecule has 2 aromatic carbocycles. The Labute approximate surface area is 111 Å². The summed E-state index contributed by atoms with van der Waals surface area (Å²) < 4.78 is 0. The van der Waals surface area contributed by atoms with Crippen LogP contribution in [0.1, 0.15) is 26.3 Å². The van der Waals surface area contributed by atoms with Gasteiger partial charge in [0, 0.05) is 23.4 Å². The monoisotopic (exact) mass is 251 g/mol. The number of nitrogens with zero attached hydrogens (tertiary/aromatic N) is 1. The van der Waals surface area contributed by atoms with Crippen LogP contribution in [0.3, 0.4) is 0 Å². The van der Waals surface area contributed by atoms with Gasteiger partial charge in [-0.15, -0.1) is 0 Å². The highest BCUT2D eigenvalue weighted by Crippen LogP contribution is 2.28. The first-order valence-electron chi connectivity index (χ1n) is 6.24. The number of benzene rings is 2. The molecule has 1 aliphatic heterocycles. The Bertz CT molecular complexity index is 649. The van der Waals surface area contributed by atoms with Crippen LogP contribution in [-0.4, -0.2) is 18.7 Å². The predicted octanol–water partition coefficient (Wildman–Crippen LogP) is 2.70. The minimum absolute atomic E-state index is 0.0475. The van der Waals surface area contributed by atoms with Crippen molar-refractivity contribution in [2.45, 2.75) is 6.42 Å². The second-order valence-electron chi connectivity index (χ2n) is 4.58. The number of hydrogen-bond donors (Lipinski definition) is 0. The van der Waals surface area contributed by atoms with Gasteiger partial charge in [0.2, 0.25) is 0 Å². The van der Waals surface area contributed by atoms with E-state index in [1.165, 1.54) is 5.56 Å². The average Bonchev–Trinajstić information content (AvgIpc) is 2.90. The fraction of sp³-hybridized carbons (Fsp3) is 0.125. The predicted molar refractivity (Wildman–Crippen MR) is 73.7 cm³/mol. The van der Waals surface area contributed by atoms with Gasteiger partial charge in [0.25, 0.3) is 5.91 Å². The number of fused-ring (bicyclic) bond motifs is 1. The molecule has 19 heavy (non-hydrogen) atoms. The smallest absolute Gasteiger partial charge is 0.258 e. The van der Waals surface area contributed by atoms with Crippen LogP contribution in [0, 0.1) is 0 Å². The molecule has 0 atom stereocenters. The molecule has 1 heterocycles. The molecule has 1 aliphatic rings. The van der Waals surface area contributed by atoms with E-state index in [1.807, 2.05) is 24.3 Å². The lowest BCUT2D eigenvalue weighted by Gasteiger charge is -2.17. The normalized spacial score (nSPS) is 13.2. The van der Waals surface area contributed by atoms with Crippen LogP contribution in [0.2, 0.25) is 0 Å². The first kappa shape index (κ1) is 11.7. The van der Waals surface area contributed by atoms with E-state index in [0.29, 0.717) is 17.7 Å². The molecule has 0 N–H and O–H groups in total. The molecule has 2 aromatic rings. The first-order valence-corrected chi connectivity index (χ1v) is 6.24. The topological polar surface area (TPSA) is 37.4 Å². The summed E-state index contributed by atoms with van der Waals surface area (Å²) >= 11 is 0. The SMILES string of the molecule is O=Cc1cccc(C(=O)N2CCc3ccccc32)c1. The van der Waals surface area contributed by atoms with Crippen molar-refractivity contribution in [3.8, 4) is 0 Å². The van der Waals surface area contributed by atoms with Gasteiger partial charge in [-0.2, -0.15) is 0 Å². The van der Waals surface area contributed by atoms with Crippen molar-refractivity contribution in [3.05, 3.63) is 65.2 Å². The van der Waals surface area contributed by atoms with Gasteiger partial charge in [0.05, 0.1) is 0 Å². The summed E-state index contributed by atoms with van der Waals surface area (Å²) in [7, 11) is 0. The zero-order valence-electron chi connectivity index (χ0n) is 10.4. The molecule has 0 saturated heterocycles. The Morgan fingerprint density at radius 1 is 1.11 bits per heavy atom. The summed E-state index contributed by atoms with van der Waals surface area (Å²) in [4.78, 5) is 25.0. The van der Waals surface area contributed by atoms with Crippen molar-refractivity contribution in [1.82, 2.24) is 0 Å². The third-order valence-corrected chi connectivity index (χ3v) is 3.40. The Morgan fingerprint density at radius 2 is 1.95 bits per heavy atom.